The maximum atomic E-state index is 13.3. The number of rotatable bonds is 10. The third-order valence-electron chi connectivity index (χ3n) is 5.94. The van der Waals surface area contributed by atoms with Crippen molar-refractivity contribution in [3.05, 3.63) is 91.9 Å². The zero-order valence-corrected chi connectivity index (χ0v) is 19.6. The number of aromatic nitrogens is 2. The maximum absolute atomic E-state index is 13.3. The molecule has 1 atom stereocenters. The van der Waals surface area contributed by atoms with E-state index in [0.29, 0.717) is 13.2 Å². The summed E-state index contributed by atoms with van der Waals surface area (Å²) in [6.45, 7) is 8.23. The topological polar surface area (TPSA) is 94.5 Å². The Morgan fingerprint density at radius 2 is 2.00 bits per heavy atom. The lowest BCUT2D eigenvalue weighted by Gasteiger charge is -2.14. The molecule has 0 aliphatic heterocycles. The van der Waals surface area contributed by atoms with Crippen molar-refractivity contribution < 1.29 is 14.1 Å². The van der Waals surface area contributed by atoms with Crippen molar-refractivity contribution >= 4 is 28.8 Å². The quantitative estimate of drug-likeness (QED) is 0.114. The Hall–Kier alpha value is -3.77. The van der Waals surface area contributed by atoms with Gasteiger partial charge in [-0.3, -0.25) is 10.1 Å². The van der Waals surface area contributed by atoms with Crippen molar-refractivity contribution in [1.29, 1.82) is 0 Å². The zero-order valence-electron chi connectivity index (χ0n) is 18.8. The molecule has 0 spiro atoms. The summed E-state index contributed by atoms with van der Waals surface area (Å²) in [7, 11) is 0. The first-order valence-electron chi connectivity index (χ1n) is 11.3. The van der Waals surface area contributed by atoms with Crippen LogP contribution in [0.4, 0.5) is 21.6 Å². The van der Waals surface area contributed by atoms with Crippen molar-refractivity contribution in [3.8, 4) is 5.75 Å². The first kappa shape index (κ1) is 24.4. The normalized spacial score (nSPS) is 14.3. The fourth-order valence-electron chi connectivity index (χ4n) is 4.22. The molecule has 35 heavy (non-hydrogen) atoms. The first-order chi connectivity index (χ1) is 17.0. The van der Waals surface area contributed by atoms with Gasteiger partial charge in [0.15, 0.2) is 0 Å². The number of hydrogen-bond acceptors (Lipinski definition) is 6. The van der Waals surface area contributed by atoms with Crippen LogP contribution in [0.15, 0.2) is 42.5 Å². The number of unbranched alkanes of at least 4 members (excludes halogenated alkanes) is 2. The molecule has 0 saturated carbocycles. The Balaban J connectivity index is 1.28. The Morgan fingerprint density at radius 3 is 2.74 bits per heavy atom. The fraction of sp³-hybridized carbons (Fsp3) is 0.320. The number of non-ortho nitro benzene ring substituents is 1. The number of hydrogen-bond donors (Lipinski definition) is 1. The van der Waals surface area contributed by atoms with Crippen molar-refractivity contribution in [2.45, 2.75) is 38.0 Å². The second-order valence-electron chi connectivity index (χ2n) is 8.20. The van der Waals surface area contributed by atoms with Gasteiger partial charge in [0.1, 0.15) is 17.4 Å². The molecule has 0 radical (unpaired) electrons. The number of ether oxygens (including phenoxy) is 1. The number of halogens is 2. The predicted molar refractivity (Wildman–Crippen MR) is 131 cm³/mol. The zero-order chi connectivity index (χ0) is 24.8. The highest BCUT2D eigenvalue weighted by molar-refractivity contribution is 6.28. The summed E-state index contributed by atoms with van der Waals surface area (Å²) in [6.07, 6.45) is 4.13. The number of nitro benzene ring substituents is 1. The van der Waals surface area contributed by atoms with Crippen LogP contribution >= 0.6 is 11.6 Å². The van der Waals surface area contributed by atoms with E-state index in [-0.39, 0.29) is 34.1 Å². The van der Waals surface area contributed by atoms with Gasteiger partial charge in [-0.2, -0.15) is 0 Å². The van der Waals surface area contributed by atoms with Gasteiger partial charge >= 0.3 is 0 Å². The fourth-order valence-corrected chi connectivity index (χ4v) is 4.39. The van der Waals surface area contributed by atoms with Gasteiger partial charge in [-0.25, -0.2) is 19.2 Å². The summed E-state index contributed by atoms with van der Waals surface area (Å²) in [5.41, 5.74) is 3.10. The van der Waals surface area contributed by atoms with Gasteiger partial charge < -0.3 is 10.1 Å². The van der Waals surface area contributed by atoms with E-state index in [1.807, 2.05) is 0 Å². The Labute approximate surface area is 207 Å². The molecule has 0 bridgehead atoms. The summed E-state index contributed by atoms with van der Waals surface area (Å²) < 4.78 is 18.9. The van der Waals surface area contributed by atoms with Gasteiger partial charge in [0.25, 0.3) is 5.69 Å². The lowest BCUT2D eigenvalue weighted by atomic mass is 9.97. The number of anilines is 1. The van der Waals surface area contributed by atoms with Crippen LogP contribution in [-0.4, -0.2) is 28.0 Å². The van der Waals surface area contributed by atoms with Gasteiger partial charge in [-0.1, -0.05) is 12.1 Å². The van der Waals surface area contributed by atoms with Crippen LogP contribution in [0.25, 0.3) is 4.85 Å². The molecule has 1 aromatic heterocycles. The molecule has 0 fully saturated rings. The molecule has 0 saturated heterocycles. The van der Waals surface area contributed by atoms with Crippen LogP contribution in [0.2, 0.25) is 5.28 Å². The van der Waals surface area contributed by atoms with E-state index in [9.17, 15) is 14.5 Å². The maximum Gasteiger partial charge on any atom is 0.270 e. The van der Waals surface area contributed by atoms with Crippen LogP contribution in [-0.2, 0) is 6.42 Å². The predicted octanol–water partition coefficient (Wildman–Crippen LogP) is 6.47. The minimum absolute atomic E-state index is 0.0676. The second-order valence-corrected chi connectivity index (χ2v) is 8.54. The lowest BCUT2D eigenvalue weighted by Crippen LogP contribution is -2.09. The second kappa shape index (κ2) is 11.1. The van der Waals surface area contributed by atoms with Crippen LogP contribution in [0, 0.1) is 22.5 Å². The summed E-state index contributed by atoms with van der Waals surface area (Å²) in [5.74, 6) is 0.767. The summed E-state index contributed by atoms with van der Waals surface area (Å²) in [6, 6.07) is 10.5. The standard InChI is InChI=1S/C25H23ClFN5O3/c1-28-21-12-9-18(32(33)34)15-22(21)35-14-4-2-3-13-29-24-20-11-10-19(23(20)30-25(26)31-24)16-5-7-17(27)8-6-16/h5-9,12,15,19H,2-4,10-11,13-14H2,(H,29,30,31). The van der Waals surface area contributed by atoms with E-state index in [0.717, 1.165) is 54.7 Å². The molecule has 180 valence electrons. The molecular formula is C25H23ClFN5O3. The van der Waals surface area contributed by atoms with Gasteiger partial charge in [-0.15, -0.1) is 0 Å². The van der Waals surface area contributed by atoms with E-state index in [1.165, 1.54) is 30.3 Å². The first-order valence-corrected chi connectivity index (χ1v) is 11.7. The molecule has 1 N–H and O–H groups in total. The molecule has 1 unspecified atom stereocenters. The molecular weight excluding hydrogens is 473 g/mol. The van der Waals surface area contributed by atoms with Crippen LogP contribution in [0.3, 0.4) is 0 Å². The summed E-state index contributed by atoms with van der Waals surface area (Å²) >= 11 is 6.20. The van der Waals surface area contributed by atoms with E-state index in [1.54, 1.807) is 12.1 Å². The summed E-state index contributed by atoms with van der Waals surface area (Å²) in [4.78, 5) is 22.6. The highest BCUT2D eigenvalue weighted by Gasteiger charge is 2.29. The van der Waals surface area contributed by atoms with Crippen molar-refractivity contribution in [3.63, 3.8) is 0 Å². The molecule has 0 amide bonds. The number of nitrogens with one attached hydrogen (secondary N) is 1. The third kappa shape index (κ3) is 5.84. The Kier molecular flexibility index (Phi) is 7.73. The molecule has 3 aromatic rings. The lowest BCUT2D eigenvalue weighted by molar-refractivity contribution is -0.384. The van der Waals surface area contributed by atoms with Crippen molar-refractivity contribution in [1.82, 2.24) is 9.97 Å². The third-order valence-corrected chi connectivity index (χ3v) is 6.11. The molecule has 4 rings (SSSR count). The highest BCUT2D eigenvalue weighted by atomic mass is 35.5. The monoisotopic (exact) mass is 495 g/mol. The van der Waals surface area contributed by atoms with Crippen molar-refractivity contribution in [2.24, 2.45) is 0 Å². The van der Waals surface area contributed by atoms with Crippen molar-refractivity contribution in [2.75, 3.05) is 18.5 Å². The molecule has 1 aliphatic carbocycles. The van der Waals surface area contributed by atoms with Gasteiger partial charge in [-0.05, 0) is 67.5 Å². The van der Waals surface area contributed by atoms with Crippen LogP contribution in [0.1, 0.15) is 48.4 Å². The molecule has 2 aromatic carbocycles. The number of benzene rings is 2. The molecule has 10 heteroatoms. The van der Waals surface area contributed by atoms with E-state index < -0.39 is 4.92 Å². The van der Waals surface area contributed by atoms with Gasteiger partial charge in [0.05, 0.1) is 23.8 Å². The number of nitrogens with zero attached hydrogens (tertiary/aromatic N) is 4. The minimum atomic E-state index is -0.510. The Bertz CT molecular complexity index is 1260. The SMILES string of the molecule is [C-]#[N+]c1ccc([N+](=O)[O-])cc1OCCCCCNc1nc(Cl)nc2c1CCC2c1ccc(F)cc1. The average Bonchev–Trinajstić information content (AvgIpc) is 3.27. The number of nitro groups is 1. The smallest absolute Gasteiger partial charge is 0.270 e. The largest absolute Gasteiger partial charge is 0.504 e. The Morgan fingerprint density at radius 1 is 1.20 bits per heavy atom. The van der Waals surface area contributed by atoms with Gasteiger partial charge in [0, 0.05) is 30.2 Å². The summed E-state index contributed by atoms with van der Waals surface area (Å²) in [5, 5.41) is 14.5. The van der Waals surface area contributed by atoms with Crippen LogP contribution < -0.4 is 10.1 Å². The molecule has 8 nitrogen and oxygen atoms in total. The highest BCUT2D eigenvalue weighted by Crippen LogP contribution is 2.40. The minimum Gasteiger partial charge on any atom is -0.504 e. The molecule has 1 aliphatic rings. The van der Waals surface area contributed by atoms with Gasteiger partial charge in [0.2, 0.25) is 11.0 Å². The van der Waals surface area contributed by atoms with Crippen LogP contribution in [0.5, 0.6) is 5.75 Å². The number of fused-ring (bicyclic) bond motifs is 1. The average molecular weight is 496 g/mol. The van der Waals surface area contributed by atoms with E-state index in [4.69, 9.17) is 22.9 Å². The van der Waals surface area contributed by atoms with E-state index >= 15 is 0 Å². The van der Waals surface area contributed by atoms with E-state index in [2.05, 4.69) is 20.1 Å². The molecule has 1 heterocycles.